The fraction of sp³-hybridized carbons (Fsp3) is 0.143. The lowest BCUT2D eigenvalue weighted by molar-refractivity contribution is -0.134. The number of aromatic amines is 1. The first-order valence-electron chi connectivity index (χ1n) is 3.08. The molecule has 11 heavy (non-hydrogen) atoms. The van der Waals surface area contributed by atoms with E-state index in [1.54, 1.807) is 18.3 Å². The number of carbonyl (C=O) groups is 1. The number of aromatic nitrogens is 2. The molecule has 0 aliphatic carbocycles. The van der Waals surface area contributed by atoms with E-state index in [2.05, 4.69) is 14.9 Å². The Morgan fingerprint density at radius 3 is 3.18 bits per heavy atom. The Hall–Kier alpha value is -1.58. The van der Waals surface area contributed by atoms with Gasteiger partial charge >= 0.3 is 5.97 Å². The van der Waals surface area contributed by atoms with Crippen LogP contribution in [0.25, 0.3) is 6.08 Å². The second-order valence-corrected chi connectivity index (χ2v) is 1.87. The van der Waals surface area contributed by atoms with Gasteiger partial charge in [-0.05, 0) is 12.1 Å². The molecule has 4 heteroatoms. The largest absolute Gasteiger partial charge is 0.466 e. The summed E-state index contributed by atoms with van der Waals surface area (Å²) in [6, 6.07) is 1.75. The van der Waals surface area contributed by atoms with E-state index in [-0.39, 0.29) is 5.97 Å². The zero-order valence-corrected chi connectivity index (χ0v) is 6.07. The highest BCUT2D eigenvalue weighted by atomic mass is 16.5. The maximum atomic E-state index is 10.6. The number of nitrogens with zero attached hydrogens (tertiary/aromatic N) is 1. The van der Waals surface area contributed by atoms with Crippen molar-refractivity contribution in [3.63, 3.8) is 0 Å². The molecule has 0 fully saturated rings. The van der Waals surface area contributed by atoms with E-state index in [4.69, 9.17) is 0 Å². The van der Waals surface area contributed by atoms with Crippen LogP contribution in [0.3, 0.4) is 0 Å². The Morgan fingerprint density at radius 1 is 1.82 bits per heavy atom. The molecule has 0 amide bonds. The van der Waals surface area contributed by atoms with Crippen molar-refractivity contribution in [3.05, 3.63) is 24.0 Å². The zero-order chi connectivity index (χ0) is 8.10. The summed E-state index contributed by atoms with van der Waals surface area (Å²) in [5.41, 5.74) is 0.774. The van der Waals surface area contributed by atoms with E-state index in [1.807, 2.05) is 0 Å². The third-order valence-corrected chi connectivity index (χ3v) is 1.12. The zero-order valence-electron chi connectivity index (χ0n) is 6.07. The van der Waals surface area contributed by atoms with E-state index in [0.29, 0.717) is 0 Å². The van der Waals surface area contributed by atoms with Crippen molar-refractivity contribution >= 4 is 12.0 Å². The molecule has 0 saturated carbocycles. The van der Waals surface area contributed by atoms with Gasteiger partial charge in [0.2, 0.25) is 0 Å². The Morgan fingerprint density at radius 2 is 2.64 bits per heavy atom. The van der Waals surface area contributed by atoms with Gasteiger partial charge in [0.25, 0.3) is 0 Å². The van der Waals surface area contributed by atoms with Crippen molar-refractivity contribution in [2.45, 2.75) is 0 Å². The first-order valence-corrected chi connectivity index (χ1v) is 3.08. The molecule has 1 rings (SSSR count). The van der Waals surface area contributed by atoms with Gasteiger partial charge < -0.3 is 4.74 Å². The second-order valence-electron chi connectivity index (χ2n) is 1.87. The van der Waals surface area contributed by atoms with E-state index in [0.717, 1.165) is 5.69 Å². The molecule has 0 saturated heterocycles. The normalized spacial score (nSPS) is 10.3. The van der Waals surface area contributed by atoms with Crippen molar-refractivity contribution in [2.24, 2.45) is 0 Å². The maximum Gasteiger partial charge on any atom is 0.330 e. The Balaban J connectivity index is 2.55. The molecule has 1 N–H and O–H groups in total. The number of esters is 1. The van der Waals surface area contributed by atoms with E-state index in [9.17, 15) is 4.79 Å². The molecule has 0 unspecified atom stereocenters. The van der Waals surface area contributed by atoms with E-state index >= 15 is 0 Å². The first-order chi connectivity index (χ1) is 5.33. The van der Waals surface area contributed by atoms with Crippen LogP contribution < -0.4 is 0 Å². The number of H-pyrrole nitrogens is 1. The number of hydrogen-bond acceptors (Lipinski definition) is 3. The molecular weight excluding hydrogens is 144 g/mol. The van der Waals surface area contributed by atoms with Crippen LogP contribution in [-0.4, -0.2) is 23.3 Å². The lowest BCUT2D eigenvalue weighted by Crippen LogP contribution is -1.93. The van der Waals surface area contributed by atoms with Gasteiger partial charge in [-0.1, -0.05) is 0 Å². The highest BCUT2D eigenvalue weighted by Crippen LogP contribution is 1.94. The molecule has 0 aliphatic heterocycles. The standard InChI is InChI=1S/C7H8N2O2/c1-11-7(10)3-2-6-4-5-8-9-6/h2-5H,1H3,(H,8,9)/b3-2-. The van der Waals surface area contributed by atoms with Crippen LogP contribution in [0, 0.1) is 0 Å². The molecule has 0 aromatic carbocycles. The first kappa shape index (κ1) is 7.53. The predicted molar refractivity (Wildman–Crippen MR) is 39.6 cm³/mol. The fourth-order valence-corrected chi connectivity index (χ4v) is 0.585. The summed E-state index contributed by atoms with van der Waals surface area (Å²) in [7, 11) is 1.33. The number of carbonyl (C=O) groups excluding carboxylic acids is 1. The van der Waals surface area contributed by atoms with Crippen LogP contribution in [0.1, 0.15) is 5.69 Å². The second kappa shape index (κ2) is 3.55. The lowest BCUT2D eigenvalue weighted by atomic mass is 10.4. The average Bonchev–Trinajstić information content (AvgIpc) is 2.52. The van der Waals surface area contributed by atoms with Crippen LogP contribution in [0.4, 0.5) is 0 Å². The molecule has 1 heterocycles. The molecule has 0 aliphatic rings. The minimum Gasteiger partial charge on any atom is -0.466 e. The van der Waals surface area contributed by atoms with Crippen molar-refractivity contribution in [1.82, 2.24) is 10.2 Å². The number of hydrogen-bond donors (Lipinski definition) is 1. The molecule has 0 bridgehead atoms. The van der Waals surface area contributed by atoms with E-state index < -0.39 is 0 Å². The molecular formula is C7H8N2O2. The third-order valence-electron chi connectivity index (χ3n) is 1.12. The molecule has 0 atom stereocenters. The quantitative estimate of drug-likeness (QED) is 0.498. The monoisotopic (exact) mass is 152 g/mol. The predicted octanol–water partition coefficient (Wildman–Crippen LogP) is 0.596. The van der Waals surface area contributed by atoms with E-state index in [1.165, 1.54) is 13.2 Å². The van der Waals surface area contributed by atoms with Crippen LogP contribution in [0.15, 0.2) is 18.3 Å². The van der Waals surface area contributed by atoms with Gasteiger partial charge in [0.1, 0.15) is 0 Å². The Kier molecular flexibility index (Phi) is 2.43. The molecule has 1 aromatic rings. The summed E-state index contributed by atoms with van der Waals surface area (Å²) in [6.45, 7) is 0. The third kappa shape index (κ3) is 2.25. The summed E-state index contributed by atoms with van der Waals surface area (Å²) < 4.78 is 4.39. The van der Waals surface area contributed by atoms with Gasteiger partial charge in [0.15, 0.2) is 0 Å². The maximum absolute atomic E-state index is 10.6. The number of methoxy groups -OCH3 is 1. The smallest absolute Gasteiger partial charge is 0.330 e. The average molecular weight is 152 g/mol. The van der Waals surface area contributed by atoms with Gasteiger partial charge in [-0.15, -0.1) is 0 Å². The summed E-state index contributed by atoms with van der Waals surface area (Å²) >= 11 is 0. The topological polar surface area (TPSA) is 55.0 Å². The summed E-state index contributed by atoms with van der Waals surface area (Å²) in [5, 5.41) is 6.37. The molecule has 1 aromatic heterocycles. The van der Waals surface area contributed by atoms with Crippen LogP contribution in [-0.2, 0) is 9.53 Å². The summed E-state index contributed by atoms with van der Waals surface area (Å²) in [4.78, 5) is 10.6. The molecule has 0 radical (unpaired) electrons. The minimum absolute atomic E-state index is 0.375. The highest BCUT2D eigenvalue weighted by Gasteiger charge is 1.90. The number of ether oxygens (including phenoxy) is 1. The minimum atomic E-state index is -0.375. The van der Waals surface area contributed by atoms with Gasteiger partial charge in [0, 0.05) is 12.3 Å². The Labute approximate surface area is 63.9 Å². The number of rotatable bonds is 2. The van der Waals surface area contributed by atoms with Crippen molar-refractivity contribution in [3.8, 4) is 0 Å². The fourth-order valence-electron chi connectivity index (χ4n) is 0.585. The SMILES string of the molecule is COC(=O)/C=C\c1ccn[nH]1. The van der Waals surface area contributed by atoms with Crippen LogP contribution in [0.5, 0.6) is 0 Å². The lowest BCUT2D eigenvalue weighted by Gasteiger charge is -1.87. The van der Waals surface area contributed by atoms with Crippen LogP contribution >= 0.6 is 0 Å². The van der Waals surface area contributed by atoms with Crippen molar-refractivity contribution in [1.29, 1.82) is 0 Å². The van der Waals surface area contributed by atoms with Crippen molar-refractivity contribution < 1.29 is 9.53 Å². The molecule has 0 spiro atoms. The summed E-state index contributed by atoms with van der Waals surface area (Å²) in [5.74, 6) is -0.375. The molecule has 58 valence electrons. The number of nitrogens with one attached hydrogen (secondary N) is 1. The highest BCUT2D eigenvalue weighted by molar-refractivity contribution is 5.86. The van der Waals surface area contributed by atoms with Gasteiger partial charge in [-0.2, -0.15) is 5.10 Å². The summed E-state index contributed by atoms with van der Waals surface area (Å²) in [6.07, 6.45) is 4.53. The van der Waals surface area contributed by atoms with Crippen LogP contribution in [0.2, 0.25) is 0 Å². The van der Waals surface area contributed by atoms with Crippen molar-refractivity contribution in [2.75, 3.05) is 7.11 Å². The molecule has 4 nitrogen and oxygen atoms in total. The Bertz CT molecular complexity index is 251. The van der Waals surface area contributed by atoms with Gasteiger partial charge in [-0.3, -0.25) is 5.10 Å². The van der Waals surface area contributed by atoms with Gasteiger partial charge in [-0.25, -0.2) is 4.79 Å². The van der Waals surface area contributed by atoms with Gasteiger partial charge in [0.05, 0.1) is 12.8 Å².